The second-order valence-electron chi connectivity index (χ2n) is 6.49. The molecule has 2 heterocycles. The Hall–Kier alpha value is -2.99. The second-order valence-corrected chi connectivity index (χ2v) is 7.53. The predicted octanol–water partition coefficient (Wildman–Crippen LogP) is 4.59. The van der Waals surface area contributed by atoms with Gasteiger partial charge in [0, 0.05) is 10.4 Å². The van der Waals surface area contributed by atoms with Gasteiger partial charge in [0.2, 0.25) is 0 Å². The fourth-order valence-corrected chi connectivity index (χ4v) is 3.58. The molecule has 0 aliphatic carbocycles. The first-order chi connectivity index (χ1) is 13.7. The Morgan fingerprint density at radius 1 is 1.11 bits per heavy atom. The maximum atomic E-state index is 12.7. The van der Waals surface area contributed by atoms with Crippen LogP contribution in [0.1, 0.15) is 33.8 Å². The molecular weight excluding hydrogens is 374 g/mol. The topological polar surface area (TPSA) is 56.8 Å². The summed E-state index contributed by atoms with van der Waals surface area (Å²) >= 11 is 1.64. The number of hydrogen-bond donors (Lipinski definition) is 1. The third-order valence-corrected chi connectivity index (χ3v) is 5.32. The zero-order chi connectivity index (χ0) is 19.3. The number of carbonyl (C=O) groups excluding carboxylic acids is 1. The van der Waals surface area contributed by atoms with Gasteiger partial charge in [-0.25, -0.2) is 0 Å². The van der Waals surface area contributed by atoms with Crippen molar-refractivity contribution in [3.05, 3.63) is 76.0 Å². The van der Waals surface area contributed by atoms with E-state index < -0.39 is 0 Å². The van der Waals surface area contributed by atoms with Gasteiger partial charge in [-0.2, -0.15) is 0 Å². The minimum Gasteiger partial charge on any atom is -0.488 e. The van der Waals surface area contributed by atoms with Crippen LogP contribution < -0.4 is 19.5 Å². The zero-order valence-corrected chi connectivity index (χ0v) is 16.3. The average molecular weight is 395 g/mol. The normalized spacial score (nSPS) is 13.6. The number of rotatable bonds is 6. The van der Waals surface area contributed by atoms with Crippen molar-refractivity contribution in [2.75, 3.05) is 13.2 Å². The van der Waals surface area contributed by atoms with Gasteiger partial charge in [-0.3, -0.25) is 4.79 Å². The third kappa shape index (κ3) is 4.28. The van der Waals surface area contributed by atoms with Gasteiger partial charge in [-0.15, -0.1) is 11.3 Å². The first-order valence-corrected chi connectivity index (χ1v) is 10.0. The number of thiophene rings is 1. The Labute approximate surface area is 167 Å². The van der Waals surface area contributed by atoms with Crippen molar-refractivity contribution in [2.24, 2.45) is 0 Å². The Balaban J connectivity index is 1.41. The average Bonchev–Trinajstić information content (AvgIpc) is 3.26. The maximum Gasteiger partial charge on any atom is 0.251 e. The summed E-state index contributed by atoms with van der Waals surface area (Å²) in [6.07, 6.45) is 0. The number of benzene rings is 2. The standard InChI is InChI=1S/C22H21NO4S/c1-15(16-7-8-20-21(13-16)26-10-9-25-20)23-22(24)17-4-2-5-18(12-17)27-14-19-6-3-11-28-19/h2-8,11-13,15H,9-10,14H2,1H3,(H,23,24). The molecule has 0 saturated carbocycles. The molecule has 1 aliphatic heterocycles. The molecule has 0 spiro atoms. The quantitative estimate of drug-likeness (QED) is 0.663. The summed E-state index contributed by atoms with van der Waals surface area (Å²) in [6.45, 7) is 3.54. The lowest BCUT2D eigenvalue weighted by Crippen LogP contribution is -2.26. The third-order valence-electron chi connectivity index (χ3n) is 4.47. The fourth-order valence-electron chi connectivity index (χ4n) is 2.97. The van der Waals surface area contributed by atoms with Crippen LogP contribution in [-0.4, -0.2) is 19.1 Å². The van der Waals surface area contributed by atoms with Gasteiger partial charge in [-0.05, 0) is 54.3 Å². The van der Waals surface area contributed by atoms with Crippen LogP contribution >= 0.6 is 11.3 Å². The molecule has 1 atom stereocenters. The molecule has 28 heavy (non-hydrogen) atoms. The van der Waals surface area contributed by atoms with Crippen LogP contribution in [0.2, 0.25) is 0 Å². The largest absolute Gasteiger partial charge is 0.488 e. The number of hydrogen-bond acceptors (Lipinski definition) is 5. The lowest BCUT2D eigenvalue weighted by Gasteiger charge is -2.21. The number of ether oxygens (including phenoxy) is 3. The monoisotopic (exact) mass is 395 g/mol. The molecule has 0 saturated heterocycles. The Morgan fingerprint density at radius 3 is 2.79 bits per heavy atom. The molecule has 4 rings (SSSR count). The first-order valence-electron chi connectivity index (χ1n) is 9.15. The van der Waals surface area contributed by atoms with Crippen LogP contribution in [0.25, 0.3) is 0 Å². The summed E-state index contributed by atoms with van der Waals surface area (Å²) in [6, 6.07) is 16.8. The van der Waals surface area contributed by atoms with Gasteiger partial charge in [0.1, 0.15) is 25.6 Å². The van der Waals surface area contributed by atoms with Crippen LogP contribution in [0.3, 0.4) is 0 Å². The highest BCUT2D eigenvalue weighted by Gasteiger charge is 2.16. The summed E-state index contributed by atoms with van der Waals surface area (Å²) in [5.74, 6) is 1.98. The fraction of sp³-hybridized carbons (Fsp3) is 0.227. The van der Waals surface area contributed by atoms with E-state index in [4.69, 9.17) is 14.2 Å². The molecule has 1 aliphatic rings. The predicted molar refractivity (Wildman–Crippen MR) is 108 cm³/mol. The van der Waals surface area contributed by atoms with Crippen molar-refractivity contribution in [2.45, 2.75) is 19.6 Å². The second kappa shape index (κ2) is 8.35. The molecule has 0 bridgehead atoms. The van der Waals surface area contributed by atoms with Gasteiger partial charge in [-0.1, -0.05) is 18.2 Å². The van der Waals surface area contributed by atoms with Crippen molar-refractivity contribution < 1.29 is 19.0 Å². The van der Waals surface area contributed by atoms with Gasteiger partial charge in [0.05, 0.1) is 6.04 Å². The van der Waals surface area contributed by atoms with E-state index in [1.165, 1.54) is 0 Å². The highest BCUT2D eigenvalue weighted by molar-refractivity contribution is 7.09. The van der Waals surface area contributed by atoms with Crippen LogP contribution in [0.5, 0.6) is 17.2 Å². The lowest BCUT2D eigenvalue weighted by molar-refractivity contribution is 0.0939. The van der Waals surface area contributed by atoms with E-state index in [9.17, 15) is 4.79 Å². The Morgan fingerprint density at radius 2 is 1.96 bits per heavy atom. The van der Waals surface area contributed by atoms with E-state index in [2.05, 4.69) is 5.32 Å². The van der Waals surface area contributed by atoms with E-state index in [1.807, 2.05) is 54.8 Å². The molecule has 6 heteroatoms. The van der Waals surface area contributed by atoms with E-state index >= 15 is 0 Å². The minimum absolute atomic E-state index is 0.149. The highest BCUT2D eigenvalue weighted by atomic mass is 32.1. The summed E-state index contributed by atoms with van der Waals surface area (Å²) in [5, 5.41) is 5.04. The molecule has 1 N–H and O–H groups in total. The minimum atomic E-state index is -0.168. The Kier molecular flexibility index (Phi) is 5.48. The molecule has 1 aromatic heterocycles. The molecule has 0 radical (unpaired) electrons. The molecule has 1 amide bonds. The Bertz CT molecular complexity index is 955. The van der Waals surface area contributed by atoms with Crippen LogP contribution in [-0.2, 0) is 6.61 Å². The summed E-state index contributed by atoms with van der Waals surface area (Å²) in [4.78, 5) is 13.8. The number of fused-ring (bicyclic) bond motifs is 1. The van der Waals surface area contributed by atoms with E-state index in [0.717, 1.165) is 16.2 Å². The van der Waals surface area contributed by atoms with Crippen molar-refractivity contribution in [1.82, 2.24) is 5.32 Å². The van der Waals surface area contributed by atoms with E-state index in [-0.39, 0.29) is 11.9 Å². The van der Waals surface area contributed by atoms with Crippen LogP contribution in [0.4, 0.5) is 0 Å². The SMILES string of the molecule is CC(NC(=O)c1cccc(OCc2cccs2)c1)c1ccc2c(c1)OCCO2. The lowest BCUT2D eigenvalue weighted by atomic mass is 10.1. The van der Waals surface area contributed by atoms with Gasteiger partial charge in [0.15, 0.2) is 11.5 Å². The van der Waals surface area contributed by atoms with E-state index in [1.54, 1.807) is 23.5 Å². The highest BCUT2D eigenvalue weighted by Crippen LogP contribution is 2.32. The summed E-state index contributed by atoms with van der Waals surface area (Å²) in [7, 11) is 0. The summed E-state index contributed by atoms with van der Waals surface area (Å²) < 4.78 is 17.0. The van der Waals surface area contributed by atoms with Crippen molar-refractivity contribution >= 4 is 17.2 Å². The molecule has 144 valence electrons. The smallest absolute Gasteiger partial charge is 0.251 e. The van der Waals surface area contributed by atoms with E-state index in [0.29, 0.717) is 36.9 Å². The van der Waals surface area contributed by atoms with Crippen molar-refractivity contribution in [3.8, 4) is 17.2 Å². The maximum absolute atomic E-state index is 12.7. The molecule has 5 nitrogen and oxygen atoms in total. The number of amides is 1. The molecular formula is C22H21NO4S. The van der Waals surface area contributed by atoms with Crippen molar-refractivity contribution in [3.63, 3.8) is 0 Å². The number of carbonyl (C=O) groups is 1. The molecule has 3 aromatic rings. The zero-order valence-electron chi connectivity index (χ0n) is 15.5. The molecule has 0 fully saturated rings. The van der Waals surface area contributed by atoms with Gasteiger partial charge in [0.25, 0.3) is 5.91 Å². The van der Waals surface area contributed by atoms with Crippen LogP contribution in [0.15, 0.2) is 60.0 Å². The number of nitrogens with one attached hydrogen (secondary N) is 1. The van der Waals surface area contributed by atoms with Gasteiger partial charge >= 0.3 is 0 Å². The first kappa shape index (κ1) is 18.4. The molecule has 1 unspecified atom stereocenters. The van der Waals surface area contributed by atoms with Gasteiger partial charge < -0.3 is 19.5 Å². The molecule has 2 aromatic carbocycles. The van der Waals surface area contributed by atoms with Crippen molar-refractivity contribution in [1.29, 1.82) is 0 Å². The van der Waals surface area contributed by atoms with Crippen LogP contribution in [0, 0.1) is 0 Å². The summed E-state index contributed by atoms with van der Waals surface area (Å²) in [5.41, 5.74) is 1.52.